The maximum atomic E-state index is 13.4. The average Bonchev–Trinajstić information content (AvgIpc) is 2.53. The average molecular weight is 353 g/mol. The van der Waals surface area contributed by atoms with Gasteiger partial charge in [0.05, 0.1) is 5.56 Å². The number of hydrogen-bond donors (Lipinski definition) is 2. The number of benzene rings is 2. The van der Waals surface area contributed by atoms with Gasteiger partial charge < -0.3 is 10.6 Å². The van der Waals surface area contributed by atoms with Crippen molar-refractivity contribution in [2.24, 2.45) is 0 Å². The molecular weight excluding hydrogens is 338 g/mol. The molecule has 2 aromatic rings. The van der Waals surface area contributed by atoms with Crippen LogP contribution in [-0.2, 0) is 11.3 Å². The summed E-state index contributed by atoms with van der Waals surface area (Å²) < 4.78 is 26.2. The van der Waals surface area contributed by atoms with E-state index in [4.69, 9.17) is 11.6 Å². The summed E-state index contributed by atoms with van der Waals surface area (Å²) in [5, 5.41) is 5.68. The van der Waals surface area contributed by atoms with Gasteiger partial charge in [0.25, 0.3) is 5.91 Å². The molecule has 0 fully saturated rings. The molecule has 0 aliphatic carbocycles. The molecule has 126 valence electrons. The van der Waals surface area contributed by atoms with E-state index in [-0.39, 0.29) is 24.4 Å². The molecule has 0 radical (unpaired) electrons. The predicted octanol–water partition coefficient (Wildman–Crippen LogP) is 3.05. The van der Waals surface area contributed by atoms with E-state index in [2.05, 4.69) is 10.6 Å². The fraction of sp³-hybridized carbons (Fsp3) is 0.176. The lowest BCUT2D eigenvalue weighted by Gasteiger charge is -2.08. The largest absolute Gasteiger partial charge is 0.352 e. The molecule has 0 heterocycles. The monoisotopic (exact) mass is 352 g/mol. The van der Waals surface area contributed by atoms with Gasteiger partial charge in [0.2, 0.25) is 5.91 Å². The number of carbonyl (C=O) groups excluding carboxylic acids is 2. The second-order valence-electron chi connectivity index (χ2n) is 5.04. The van der Waals surface area contributed by atoms with Crippen molar-refractivity contribution in [1.82, 2.24) is 10.6 Å². The topological polar surface area (TPSA) is 58.2 Å². The molecule has 0 aliphatic heterocycles. The minimum atomic E-state index is -0.946. The van der Waals surface area contributed by atoms with Crippen LogP contribution in [0.15, 0.2) is 42.5 Å². The van der Waals surface area contributed by atoms with Gasteiger partial charge in [0.15, 0.2) is 0 Å². The van der Waals surface area contributed by atoms with Gasteiger partial charge in [0, 0.05) is 30.6 Å². The second-order valence-corrected chi connectivity index (χ2v) is 5.47. The molecule has 2 N–H and O–H groups in total. The predicted molar refractivity (Wildman–Crippen MR) is 86.6 cm³/mol. The van der Waals surface area contributed by atoms with Gasteiger partial charge in [0.1, 0.15) is 11.6 Å². The molecule has 0 saturated carbocycles. The molecule has 24 heavy (non-hydrogen) atoms. The van der Waals surface area contributed by atoms with E-state index in [1.807, 2.05) is 6.07 Å². The molecule has 0 spiro atoms. The first kappa shape index (κ1) is 17.9. The Labute approximate surface area is 142 Å². The lowest BCUT2D eigenvalue weighted by atomic mass is 10.2. The van der Waals surface area contributed by atoms with Crippen molar-refractivity contribution in [3.05, 3.63) is 70.2 Å². The van der Waals surface area contributed by atoms with Gasteiger partial charge in [-0.2, -0.15) is 0 Å². The van der Waals surface area contributed by atoms with Gasteiger partial charge in [-0.3, -0.25) is 9.59 Å². The molecule has 7 heteroatoms. The first-order valence-corrected chi connectivity index (χ1v) is 7.58. The number of nitrogens with one attached hydrogen (secondary N) is 2. The minimum absolute atomic E-state index is 0.0368. The summed E-state index contributed by atoms with van der Waals surface area (Å²) >= 11 is 5.85. The standard InChI is InChI=1S/C17H15ClF2N2O2/c18-12-3-1-2-11(8-12)10-22-16(23)6-7-21-17(24)14-5-4-13(19)9-15(14)20/h1-5,8-9H,6-7,10H2,(H,21,24)(H,22,23). The molecule has 0 atom stereocenters. The van der Waals surface area contributed by atoms with Crippen molar-refractivity contribution in [2.45, 2.75) is 13.0 Å². The van der Waals surface area contributed by atoms with Gasteiger partial charge in [-0.05, 0) is 29.8 Å². The molecule has 0 unspecified atom stereocenters. The van der Waals surface area contributed by atoms with Crippen LogP contribution in [0.1, 0.15) is 22.3 Å². The maximum Gasteiger partial charge on any atom is 0.254 e. The highest BCUT2D eigenvalue weighted by Gasteiger charge is 2.12. The Hall–Kier alpha value is -2.47. The first-order valence-electron chi connectivity index (χ1n) is 7.20. The van der Waals surface area contributed by atoms with E-state index in [1.54, 1.807) is 18.2 Å². The zero-order chi connectivity index (χ0) is 17.5. The number of carbonyl (C=O) groups is 2. The van der Waals surface area contributed by atoms with Crippen LogP contribution in [0.25, 0.3) is 0 Å². The number of halogens is 3. The van der Waals surface area contributed by atoms with Crippen LogP contribution in [0.2, 0.25) is 5.02 Å². The Bertz CT molecular complexity index is 753. The Morgan fingerprint density at radius 3 is 2.54 bits per heavy atom. The highest BCUT2D eigenvalue weighted by Crippen LogP contribution is 2.10. The van der Waals surface area contributed by atoms with Crippen LogP contribution >= 0.6 is 11.6 Å². The van der Waals surface area contributed by atoms with Gasteiger partial charge in [-0.25, -0.2) is 8.78 Å². The second kappa shape index (κ2) is 8.40. The van der Waals surface area contributed by atoms with E-state index in [0.29, 0.717) is 17.6 Å². The van der Waals surface area contributed by atoms with E-state index < -0.39 is 17.5 Å². The first-order chi connectivity index (χ1) is 11.5. The van der Waals surface area contributed by atoms with E-state index >= 15 is 0 Å². The fourth-order valence-corrected chi connectivity index (χ4v) is 2.21. The van der Waals surface area contributed by atoms with Crippen molar-refractivity contribution < 1.29 is 18.4 Å². The Morgan fingerprint density at radius 2 is 1.83 bits per heavy atom. The Morgan fingerprint density at radius 1 is 1.04 bits per heavy atom. The van der Waals surface area contributed by atoms with Crippen LogP contribution < -0.4 is 10.6 Å². The third kappa shape index (κ3) is 5.31. The van der Waals surface area contributed by atoms with Crippen molar-refractivity contribution in [1.29, 1.82) is 0 Å². The molecule has 4 nitrogen and oxygen atoms in total. The molecule has 0 aromatic heterocycles. The fourth-order valence-electron chi connectivity index (χ4n) is 1.99. The van der Waals surface area contributed by atoms with Crippen LogP contribution in [0.5, 0.6) is 0 Å². The number of hydrogen-bond acceptors (Lipinski definition) is 2. The number of rotatable bonds is 6. The highest BCUT2D eigenvalue weighted by molar-refractivity contribution is 6.30. The van der Waals surface area contributed by atoms with Gasteiger partial charge in [-0.15, -0.1) is 0 Å². The molecule has 0 saturated heterocycles. The van der Waals surface area contributed by atoms with Crippen LogP contribution in [-0.4, -0.2) is 18.4 Å². The zero-order valence-electron chi connectivity index (χ0n) is 12.6. The molecule has 0 aliphatic rings. The summed E-state index contributed by atoms with van der Waals surface area (Å²) in [6, 6.07) is 9.76. The minimum Gasteiger partial charge on any atom is -0.352 e. The molecule has 2 rings (SSSR count). The normalized spacial score (nSPS) is 10.3. The summed E-state index contributed by atoms with van der Waals surface area (Å²) in [7, 11) is 0. The SMILES string of the molecule is O=C(CCNC(=O)c1ccc(F)cc1F)NCc1cccc(Cl)c1. The highest BCUT2D eigenvalue weighted by atomic mass is 35.5. The van der Waals surface area contributed by atoms with Crippen molar-refractivity contribution in [3.63, 3.8) is 0 Å². The third-order valence-corrected chi connectivity index (χ3v) is 3.43. The third-order valence-electron chi connectivity index (χ3n) is 3.19. The van der Waals surface area contributed by atoms with Crippen molar-refractivity contribution in [3.8, 4) is 0 Å². The van der Waals surface area contributed by atoms with Crippen molar-refractivity contribution >= 4 is 23.4 Å². The lowest BCUT2D eigenvalue weighted by molar-refractivity contribution is -0.121. The molecular formula is C17H15ClF2N2O2. The summed E-state index contributed by atoms with van der Waals surface area (Å²) in [6.45, 7) is 0.358. The summed E-state index contributed by atoms with van der Waals surface area (Å²) in [5.74, 6) is -2.67. The van der Waals surface area contributed by atoms with Gasteiger partial charge >= 0.3 is 0 Å². The van der Waals surface area contributed by atoms with E-state index in [9.17, 15) is 18.4 Å². The summed E-state index contributed by atoms with van der Waals surface area (Å²) in [4.78, 5) is 23.5. The lowest BCUT2D eigenvalue weighted by Crippen LogP contribution is -2.31. The van der Waals surface area contributed by atoms with Crippen LogP contribution in [0, 0.1) is 11.6 Å². The Kier molecular flexibility index (Phi) is 6.26. The smallest absolute Gasteiger partial charge is 0.254 e. The van der Waals surface area contributed by atoms with E-state index in [0.717, 1.165) is 17.7 Å². The van der Waals surface area contributed by atoms with E-state index in [1.165, 1.54) is 0 Å². The number of amides is 2. The quantitative estimate of drug-likeness (QED) is 0.839. The molecule has 0 bridgehead atoms. The molecule has 2 aromatic carbocycles. The zero-order valence-corrected chi connectivity index (χ0v) is 13.4. The summed E-state index contributed by atoms with van der Waals surface area (Å²) in [5.41, 5.74) is 0.587. The van der Waals surface area contributed by atoms with Gasteiger partial charge in [-0.1, -0.05) is 23.7 Å². The maximum absolute atomic E-state index is 13.4. The van der Waals surface area contributed by atoms with Crippen LogP contribution in [0.3, 0.4) is 0 Å². The summed E-state index contributed by atoms with van der Waals surface area (Å²) in [6.07, 6.45) is 0.0368. The van der Waals surface area contributed by atoms with Crippen molar-refractivity contribution in [2.75, 3.05) is 6.54 Å². The van der Waals surface area contributed by atoms with Crippen LogP contribution in [0.4, 0.5) is 8.78 Å². The molecule has 2 amide bonds. The Balaban J connectivity index is 1.75.